The molecule has 0 aliphatic heterocycles. The lowest BCUT2D eigenvalue weighted by Gasteiger charge is -2.07. The maximum absolute atomic E-state index is 12.1. The van der Waals surface area contributed by atoms with Crippen molar-refractivity contribution in [3.63, 3.8) is 0 Å². The first kappa shape index (κ1) is 17.8. The summed E-state index contributed by atoms with van der Waals surface area (Å²) in [5.74, 6) is -1.83. The minimum Gasteiger partial charge on any atom is -0.503 e. The van der Waals surface area contributed by atoms with Gasteiger partial charge >= 0.3 is 11.9 Å². The molecular weight excluding hydrogens is 332 g/mol. The molecule has 0 aliphatic rings. The maximum atomic E-state index is 12.1. The number of thiophene rings is 1. The van der Waals surface area contributed by atoms with E-state index in [4.69, 9.17) is 14.2 Å². The second-order valence-corrected chi connectivity index (χ2v) is 5.67. The largest absolute Gasteiger partial charge is 0.503 e. The van der Waals surface area contributed by atoms with Crippen LogP contribution in [-0.4, -0.2) is 30.3 Å². The summed E-state index contributed by atoms with van der Waals surface area (Å²) in [6.07, 6.45) is 0. The lowest BCUT2D eigenvalue weighted by Crippen LogP contribution is -2.05. The van der Waals surface area contributed by atoms with E-state index in [1.807, 2.05) is 30.3 Å². The summed E-state index contributed by atoms with van der Waals surface area (Å²) < 4.78 is 15.4. The minimum atomic E-state index is -0.708. The molecule has 0 aliphatic carbocycles. The van der Waals surface area contributed by atoms with Crippen LogP contribution in [0.5, 0.6) is 11.5 Å². The molecule has 0 saturated carbocycles. The highest BCUT2D eigenvalue weighted by atomic mass is 32.1. The van der Waals surface area contributed by atoms with Crippen LogP contribution in [0.15, 0.2) is 30.3 Å². The van der Waals surface area contributed by atoms with Gasteiger partial charge in [0.15, 0.2) is 21.3 Å². The number of esters is 2. The first-order valence-electron chi connectivity index (χ1n) is 7.45. The fourth-order valence-corrected chi connectivity index (χ4v) is 2.86. The molecule has 0 unspecified atom stereocenters. The zero-order valence-electron chi connectivity index (χ0n) is 13.4. The smallest absolute Gasteiger partial charge is 0.352 e. The molecule has 0 fully saturated rings. The molecule has 1 aromatic carbocycles. The molecule has 0 amide bonds. The first-order chi connectivity index (χ1) is 11.6. The van der Waals surface area contributed by atoms with Crippen LogP contribution in [0.25, 0.3) is 0 Å². The number of aromatic hydroxyl groups is 1. The van der Waals surface area contributed by atoms with E-state index in [1.165, 1.54) is 0 Å². The Hall–Kier alpha value is -2.54. The second-order valence-electron chi connectivity index (χ2n) is 4.65. The number of carbonyl (C=O) groups excluding carboxylic acids is 2. The van der Waals surface area contributed by atoms with E-state index in [1.54, 1.807) is 13.8 Å². The Morgan fingerprint density at radius 3 is 2.17 bits per heavy atom. The summed E-state index contributed by atoms with van der Waals surface area (Å²) in [5.41, 5.74) is 0.857. The van der Waals surface area contributed by atoms with Crippen LogP contribution in [-0.2, 0) is 16.1 Å². The Balaban J connectivity index is 2.31. The third kappa shape index (κ3) is 4.05. The Labute approximate surface area is 143 Å². The SMILES string of the molecule is CCOC(=O)c1sc(C(=O)OCC)c(OCc2ccccc2)c1O. The predicted octanol–water partition coefficient (Wildman–Crippen LogP) is 3.39. The van der Waals surface area contributed by atoms with Crippen LogP contribution >= 0.6 is 11.3 Å². The molecule has 24 heavy (non-hydrogen) atoms. The summed E-state index contributed by atoms with van der Waals surface area (Å²) in [6, 6.07) is 9.26. The van der Waals surface area contributed by atoms with Crippen molar-refractivity contribution in [1.29, 1.82) is 0 Å². The molecule has 2 aromatic rings. The van der Waals surface area contributed by atoms with Gasteiger partial charge in [-0.2, -0.15) is 0 Å². The lowest BCUT2D eigenvalue weighted by molar-refractivity contribution is 0.0517. The Morgan fingerprint density at radius 1 is 1.00 bits per heavy atom. The Morgan fingerprint density at radius 2 is 1.58 bits per heavy atom. The van der Waals surface area contributed by atoms with Crippen molar-refractivity contribution in [2.45, 2.75) is 20.5 Å². The molecule has 2 rings (SSSR count). The molecule has 0 atom stereocenters. The standard InChI is InChI=1S/C17H18O6S/c1-3-21-16(19)14-12(18)13(15(24-14)17(20)22-4-2)23-10-11-8-6-5-7-9-11/h5-9,18H,3-4,10H2,1-2H3. The van der Waals surface area contributed by atoms with E-state index < -0.39 is 17.7 Å². The molecule has 7 heteroatoms. The van der Waals surface area contributed by atoms with Gasteiger partial charge in [-0.15, -0.1) is 11.3 Å². The molecule has 1 heterocycles. The minimum absolute atomic E-state index is 0.0355. The molecule has 6 nitrogen and oxygen atoms in total. The van der Waals surface area contributed by atoms with E-state index in [0.29, 0.717) is 0 Å². The third-order valence-electron chi connectivity index (χ3n) is 2.99. The fourth-order valence-electron chi connectivity index (χ4n) is 1.94. The van der Waals surface area contributed by atoms with Crippen LogP contribution in [0.4, 0.5) is 0 Å². The highest BCUT2D eigenvalue weighted by Crippen LogP contribution is 2.42. The lowest BCUT2D eigenvalue weighted by atomic mass is 10.2. The van der Waals surface area contributed by atoms with Gasteiger partial charge < -0.3 is 19.3 Å². The molecule has 0 spiro atoms. The molecule has 0 bridgehead atoms. The van der Waals surface area contributed by atoms with Gasteiger partial charge in [-0.3, -0.25) is 0 Å². The van der Waals surface area contributed by atoms with Crippen molar-refractivity contribution < 1.29 is 28.9 Å². The summed E-state index contributed by atoms with van der Waals surface area (Å²) in [7, 11) is 0. The van der Waals surface area contributed by atoms with Crippen LogP contribution in [0.3, 0.4) is 0 Å². The average Bonchev–Trinajstić information content (AvgIpc) is 2.91. The Kier molecular flexibility index (Phi) is 6.20. The Bertz CT molecular complexity index is 707. The highest BCUT2D eigenvalue weighted by Gasteiger charge is 2.29. The summed E-state index contributed by atoms with van der Waals surface area (Å²) in [4.78, 5) is 23.9. The zero-order valence-corrected chi connectivity index (χ0v) is 14.2. The van der Waals surface area contributed by atoms with Crippen molar-refractivity contribution in [3.05, 3.63) is 45.6 Å². The number of ether oxygens (including phenoxy) is 3. The third-order valence-corrected chi connectivity index (χ3v) is 4.11. The quantitative estimate of drug-likeness (QED) is 0.771. The average molecular weight is 350 g/mol. The first-order valence-corrected chi connectivity index (χ1v) is 8.26. The van der Waals surface area contributed by atoms with Gasteiger partial charge in [0.1, 0.15) is 6.61 Å². The van der Waals surface area contributed by atoms with Gasteiger partial charge in [-0.25, -0.2) is 9.59 Å². The number of hydrogen-bond donors (Lipinski definition) is 1. The van der Waals surface area contributed by atoms with Gasteiger partial charge in [0.25, 0.3) is 0 Å². The summed E-state index contributed by atoms with van der Waals surface area (Å²) >= 11 is 0.793. The van der Waals surface area contributed by atoms with Crippen molar-refractivity contribution in [3.8, 4) is 11.5 Å². The number of benzene rings is 1. The van der Waals surface area contributed by atoms with Crippen molar-refractivity contribution in [2.75, 3.05) is 13.2 Å². The van der Waals surface area contributed by atoms with Crippen LogP contribution in [0.1, 0.15) is 38.8 Å². The van der Waals surface area contributed by atoms with Crippen molar-refractivity contribution in [2.24, 2.45) is 0 Å². The molecule has 1 N–H and O–H groups in total. The molecular formula is C17H18O6S. The number of carbonyl (C=O) groups is 2. The van der Waals surface area contributed by atoms with Gasteiger partial charge in [0, 0.05) is 0 Å². The van der Waals surface area contributed by atoms with Gasteiger partial charge in [-0.1, -0.05) is 30.3 Å². The van der Waals surface area contributed by atoms with Crippen LogP contribution < -0.4 is 4.74 Å². The van der Waals surface area contributed by atoms with Crippen molar-refractivity contribution >= 4 is 23.3 Å². The molecule has 0 saturated heterocycles. The normalized spacial score (nSPS) is 10.2. The maximum Gasteiger partial charge on any atom is 0.352 e. The summed E-state index contributed by atoms with van der Waals surface area (Å²) in [5, 5.41) is 10.3. The van der Waals surface area contributed by atoms with E-state index in [-0.39, 0.29) is 35.3 Å². The van der Waals surface area contributed by atoms with E-state index >= 15 is 0 Å². The van der Waals surface area contributed by atoms with Gasteiger partial charge in [-0.05, 0) is 19.4 Å². The second kappa shape index (κ2) is 8.35. The zero-order chi connectivity index (χ0) is 17.5. The summed E-state index contributed by atoms with van der Waals surface area (Å²) in [6.45, 7) is 3.79. The number of rotatable bonds is 7. The van der Waals surface area contributed by atoms with E-state index in [9.17, 15) is 14.7 Å². The van der Waals surface area contributed by atoms with E-state index in [2.05, 4.69) is 0 Å². The molecule has 1 aromatic heterocycles. The highest BCUT2D eigenvalue weighted by molar-refractivity contribution is 7.16. The van der Waals surface area contributed by atoms with Crippen molar-refractivity contribution in [1.82, 2.24) is 0 Å². The number of hydrogen-bond acceptors (Lipinski definition) is 7. The van der Waals surface area contributed by atoms with Gasteiger partial charge in [0.2, 0.25) is 0 Å². The topological polar surface area (TPSA) is 82.1 Å². The fraction of sp³-hybridized carbons (Fsp3) is 0.294. The monoisotopic (exact) mass is 350 g/mol. The van der Waals surface area contributed by atoms with Crippen LogP contribution in [0, 0.1) is 0 Å². The van der Waals surface area contributed by atoms with Gasteiger partial charge in [0.05, 0.1) is 13.2 Å². The predicted molar refractivity (Wildman–Crippen MR) is 88.7 cm³/mol. The van der Waals surface area contributed by atoms with Crippen LogP contribution in [0.2, 0.25) is 0 Å². The molecule has 0 radical (unpaired) electrons. The molecule has 128 valence electrons. The van der Waals surface area contributed by atoms with E-state index in [0.717, 1.165) is 16.9 Å².